The Labute approximate surface area is 164 Å². The molecular weight excluding hydrogens is 358 g/mol. The van der Waals surface area contributed by atoms with Crippen LogP contribution in [0.3, 0.4) is 0 Å². The Bertz CT molecular complexity index is 797. The van der Waals surface area contributed by atoms with Crippen LogP contribution in [0.4, 0.5) is 5.69 Å². The Morgan fingerprint density at radius 3 is 2.18 bits per heavy atom. The lowest BCUT2D eigenvalue weighted by Crippen LogP contribution is -2.15. The van der Waals surface area contributed by atoms with E-state index in [2.05, 4.69) is 12.2 Å². The summed E-state index contributed by atoms with van der Waals surface area (Å²) in [5.41, 5.74) is 2.02. The average Bonchev–Trinajstić information content (AvgIpc) is 2.72. The summed E-state index contributed by atoms with van der Waals surface area (Å²) in [5, 5.41) is 11.8. The van der Waals surface area contributed by atoms with Gasteiger partial charge in [0.15, 0.2) is 12.4 Å². The number of benzene rings is 2. The molecule has 148 valence electrons. The quantitative estimate of drug-likeness (QED) is 0.370. The van der Waals surface area contributed by atoms with Crippen molar-refractivity contribution in [2.75, 3.05) is 11.9 Å². The fraction of sp³-hybridized carbons (Fsp3) is 0.318. The molecule has 0 fully saturated rings. The number of nitrogens with one attached hydrogen (secondary N) is 1. The van der Waals surface area contributed by atoms with Crippen LogP contribution < -0.4 is 5.32 Å². The van der Waals surface area contributed by atoms with E-state index in [4.69, 9.17) is 9.84 Å². The van der Waals surface area contributed by atoms with Gasteiger partial charge in [-0.25, -0.2) is 4.79 Å². The highest BCUT2D eigenvalue weighted by Crippen LogP contribution is 2.12. The van der Waals surface area contributed by atoms with Gasteiger partial charge in [-0.1, -0.05) is 31.9 Å². The van der Waals surface area contributed by atoms with Gasteiger partial charge >= 0.3 is 5.97 Å². The van der Waals surface area contributed by atoms with Crippen LogP contribution in [0.15, 0.2) is 48.5 Å². The fourth-order valence-corrected chi connectivity index (χ4v) is 2.54. The number of hydrogen-bond acceptors (Lipinski definition) is 5. The maximum atomic E-state index is 12.2. The van der Waals surface area contributed by atoms with Crippen molar-refractivity contribution in [1.29, 1.82) is 0 Å². The minimum absolute atomic E-state index is 0.0475. The molecule has 0 spiro atoms. The molecule has 0 unspecified atom stereocenters. The summed E-state index contributed by atoms with van der Waals surface area (Å²) in [6, 6.07) is 12.8. The number of amides is 1. The number of carbonyl (C=O) groups is 3. The molecule has 2 rings (SSSR count). The number of anilines is 1. The van der Waals surface area contributed by atoms with Crippen molar-refractivity contribution in [2.45, 2.75) is 39.2 Å². The Kier molecular flexibility index (Phi) is 8.37. The lowest BCUT2D eigenvalue weighted by atomic mass is 10.1. The fourth-order valence-electron chi connectivity index (χ4n) is 2.54. The third-order valence-electron chi connectivity index (χ3n) is 4.20. The van der Waals surface area contributed by atoms with E-state index in [-0.39, 0.29) is 24.9 Å². The first-order chi connectivity index (χ1) is 13.5. The van der Waals surface area contributed by atoms with E-state index in [1.807, 2.05) is 0 Å². The van der Waals surface area contributed by atoms with Crippen LogP contribution in [0.1, 0.15) is 58.9 Å². The largest absolute Gasteiger partial charge is 0.454 e. The maximum Gasteiger partial charge on any atom is 0.338 e. The second-order valence-corrected chi connectivity index (χ2v) is 6.44. The van der Waals surface area contributed by atoms with Gasteiger partial charge in [-0.2, -0.15) is 0 Å². The van der Waals surface area contributed by atoms with Gasteiger partial charge < -0.3 is 15.2 Å². The van der Waals surface area contributed by atoms with Crippen LogP contribution in [0.5, 0.6) is 0 Å². The topological polar surface area (TPSA) is 92.7 Å². The molecule has 0 aliphatic rings. The highest BCUT2D eigenvalue weighted by molar-refractivity contribution is 6.00. The van der Waals surface area contributed by atoms with Crippen LogP contribution in [-0.2, 0) is 16.1 Å². The number of hydrogen-bond donors (Lipinski definition) is 2. The molecular formula is C22H25NO5. The molecule has 6 heteroatoms. The molecule has 0 saturated carbocycles. The number of carbonyl (C=O) groups excluding carboxylic acids is 3. The second-order valence-electron chi connectivity index (χ2n) is 6.44. The lowest BCUT2D eigenvalue weighted by molar-refractivity contribution is -0.116. The maximum absolute atomic E-state index is 12.2. The van der Waals surface area contributed by atoms with E-state index < -0.39 is 5.97 Å². The zero-order valence-electron chi connectivity index (χ0n) is 15.9. The van der Waals surface area contributed by atoms with E-state index in [1.165, 1.54) is 12.1 Å². The molecule has 0 atom stereocenters. The highest BCUT2D eigenvalue weighted by atomic mass is 16.5. The number of Topliss-reactive ketones (excluding diaryl/α,β-unsaturated/α-hetero) is 1. The van der Waals surface area contributed by atoms with Gasteiger partial charge in [0, 0.05) is 17.7 Å². The third-order valence-corrected chi connectivity index (χ3v) is 4.20. The van der Waals surface area contributed by atoms with E-state index in [1.54, 1.807) is 36.4 Å². The predicted octanol–water partition coefficient (Wildman–Crippen LogP) is 3.74. The van der Waals surface area contributed by atoms with Crippen LogP contribution >= 0.6 is 0 Å². The van der Waals surface area contributed by atoms with Crippen molar-refractivity contribution in [1.82, 2.24) is 0 Å². The lowest BCUT2D eigenvalue weighted by Gasteiger charge is -2.07. The number of esters is 1. The number of aliphatic hydroxyl groups is 1. The summed E-state index contributed by atoms with van der Waals surface area (Å²) in [6.45, 7) is 1.60. The Morgan fingerprint density at radius 2 is 1.57 bits per heavy atom. The molecule has 0 heterocycles. The first-order valence-electron chi connectivity index (χ1n) is 9.33. The molecule has 0 bridgehead atoms. The van der Waals surface area contributed by atoms with Gasteiger partial charge in [-0.05, 0) is 48.4 Å². The molecule has 2 aromatic rings. The van der Waals surface area contributed by atoms with Crippen molar-refractivity contribution in [2.24, 2.45) is 0 Å². The van der Waals surface area contributed by atoms with Crippen LogP contribution in [0, 0.1) is 0 Å². The number of unbranched alkanes of at least 4 members (excludes halogenated alkanes) is 2. The van der Waals surface area contributed by atoms with Crippen molar-refractivity contribution in [3.05, 3.63) is 65.2 Å². The summed E-state index contributed by atoms with van der Waals surface area (Å²) in [5.74, 6) is -0.983. The smallest absolute Gasteiger partial charge is 0.338 e. The average molecular weight is 383 g/mol. The number of ketones is 1. The summed E-state index contributed by atoms with van der Waals surface area (Å²) in [4.78, 5) is 36.0. The van der Waals surface area contributed by atoms with Crippen LogP contribution in [0.25, 0.3) is 0 Å². The van der Waals surface area contributed by atoms with Crippen molar-refractivity contribution >= 4 is 23.3 Å². The molecule has 28 heavy (non-hydrogen) atoms. The van der Waals surface area contributed by atoms with Gasteiger partial charge in [-0.3, -0.25) is 9.59 Å². The monoisotopic (exact) mass is 383 g/mol. The molecule has 0 radical (unpaired) electrons. The number of aliphatic hydroxyl groups excluding tert-OH is 1. The van der Waals surface area contributed by atoms with E-state index in [0.29, 0.717) is 28.8 Å². The molecule has 0 aliphatic heterocycles. The molecule has 0 aromatic heterocycles. The first kappa shape index (κ1) is 21.3. The van der Waals surface area contributed by atoms with E-state index >= 15 is 0 Å². The third kappa shape index (κ3) is 6.63. The minimum Gasteiger partial charge on any atom is -0.454 e. The molecule has 0 saturated heterocycles. The van der Waals surface area contributed by atoms with E-state index in [9.17, 15) is 14.4 Å². The second kappa shape index (κ2) is 11.0. The van der Waals surface area contributed by atoms with Gasteiger partial charge in [0.25, 0.3) is 0 Å². The number of ether oxygens (including phenoxy) is 1. The molecule has 2 N–H and O–H groups in total. The summed E-state index contributed by atoms with van der Waals surface area (Å²) >= 11 is 0. The summed E-state index contributed by atoms with van der Waals surface area (Å²) in [7, 11) is 0. The minimum atomic E-state index is -0.603. The van der Waals surface area contributed by atoms with Crippen molar-refractivity contribution < 1.29 is 24.2 Å². The molecule has 6 nitrogen and oxygen atoms in total. The van der Waals surface area contributed by atoms with Gasteiger partial charge in [0.05, 0.1) is 12.2 Å². The van der Waals surface area contributed by atoms with Crippen molar-refractivity contribution in [3.8, 4) is 0 Å². The molecule has 2 aromatic carbocycles. The predicted molar refractivity (Wildman–Crippen MR) is 106 cm³/mol. The molecule has 1 amide bonds. The zero-order chi connectivity index (χ0) is 20.4. The Hall–Kier alpha value is -2.99. The SMILES string of the molecule is CCCCCC(=O)Nc1ccc(C(=O)COC(=O)c2ccc(CO)cc2)cc1. The summed E-state index contributed by atoms with van der Waals surface area (Å²) in [6.07, 6.45) is 3.41. The van der Waals surface area contributed by atoms with E-state index in [0.717, 1.165) is 19.3 Å². The Balaban J connectivity index is 1.83. The Morgan fingerprint density at radius 1 is 0.929 bits per heavy atom. The van der Waals surface area contributed by atoms with Gasteiger partial charge in [-0.15, -0.1) is 0 Å². The highest BCUT2D eigenvalue weighted by Gasteiger charge is 2.12. The first-order valence-corrected chi connectivity index (χ1v) is 9.33. The van der Waals surface area contributed by atoms with Gasteiger partial charge in [0.2, 0.25) is 5.91 Å². The standard InChI is InChI=1S/C22H25NO5/c1-2-3-4-5-21(26)23-19-12-10-17(11-13-19)20(25)15-28-22(27)18-8-6-16(14-24)7-9-18/h6-13,24H,2-5,14-15H2,1H3,(H,23,26). The zero-order valence-corrected chi connectivity index (χ0v) is 15.9. The molecule has 0 aliphatic carbocycles. The van der Waals surface area contributed by atoms with Gasteiger partial charge in [0.1, 0.15) is 0 Å². The van der Waals surface area contributed by atoms with Crippen LogP contribution in [0.2, 0.25) is 0 Å². The number of rotatable bonds is 10. The normalized spacial score (nSPS) is 10.4. The summed E-state index contributed by atoms with van der Waals surface area (Å²) < 4.78 is 5.05. The van der Waals surface area contributed by atoms with Crippen LogP contribution in [-0.4, -0.2) is 29.4 Å². The van der Waals surface area contributed by atoms with Crippen molar-refractivity contribution in [3.63, 3.8) is 0 Å².